The number of hydrogen-bond donors (Lipinski definition) is 16. The lowest BCUT2D eigenvalue weighted by Crippen LogP contribution is -2.68. The molecule has 25 nitrogen and oxygen atoms in total. The van der Waals surface area contributed by atoms with E-state index < -0.39 is 166 Å². The van der Waals surface area contributed by atoms with Gasteiger partial charge in [-0.25, -0.2) is 4.79 Å². The van der Waals surface area contributed by atoms with Crippen molar-refractivity contribution in [2.45, 2.75) is 153 Å². The van der Waals surface area contributed by atoms with Crippen LogP contribution in [0.1, 0.15) is 6.42 Å². The van der Waals surface area contributed by atoms with Gasteiger partial charge in [-0.2, -0.15) is 0 Å². The van der Waals surface area contributed by atoms with Crippen LogP contribution in [0.15, 0.2) is 0 Å². The van der Waals surface area contributed by atoms with Crippen molar-refractivity contribution >= 4 is 5.97 Å². The summed E-state index contributed by atoms with van der Waals surface area (Å²) in [6, 6.07) is -4.82. The van der Waals surface area contributed by atoms with Crippen LogP contribution in [0.5, 0.6) is 0 Å². The molecule has 5 aliphatic rings. The summed E-state index contributed by atoms with van der Waals surface area (Å²) in [5.41, 5.74) is 30.6. The largest absolute Gasteiger partial charge is 0.479 e. The molecule has 5 rings (SSSR count). The standard InChI is InChI=1S/C29H53N5O20/c30-2-7-14(39)22(52-28-18(43)16(41)17(42)24(54-28)25(45)46)11(34)27(47-7)51-21-9(4-36)49-29(19(21)44)53-23-12(37)5(31)1-6(32)20(23)50-26-10(33)15(40)13(38)8(3-35)48-26/h5-24,26-29,35-44H,1-4,30-34H2,(H,45,46)/t5-,6+,7+,8-,9-,10-,11-,12+,13-,14-,15-,16?,17?,18?,19-,20-,21-,22-,23-,24?,26-,27-,28?,29+/m1/s1. The van der Waals surface area contributed by atoms with Gasteiger partial charge in [0.05, 0.1) is 31.4 Å². The molecule has 4 saturated heterocycles. The van der Waals surface area contributed by atoms with E-state index >= 15 is 0 Å². The molecule has 0 bridgehead atoms. The van der Waals surface area contributed by atoms with Crippen LogP contribution < -0.4 is 28.7 Å². The van der Waals surface area contributed by atoms with E-state index in [4.69, 9.17) is 66.6 Å². The Bertz CT molecular complexity index is 1230. The van der Waals surface area contributed by atoms with Crippen molar-refractivity contribution in [2.24, 2.45) is 28.7 Å². The minimum atomic E-state index is -2.04. The molecule has 314 valence electrons. The van der Waals surface area contributed by atoms with Crippen molar-refractivity contribution in [3.8, 4) is 0 Å². The summed E-state index contributed by atoms with van der Waals surface area (Å²) in [7, 11) is 0. The van der Waals surface area contributed by atoms with Gasteiger partial charge in [0.25, 0.3) is 0 Å². The number of aliphatic hydroxyl groups excluding tert-OH is 10. The molecule has 5 fully saturated rings. The number of carboxylic acids is 1. The molecule has 4 heterocycles. The Morgan fingerprint density at radius 1 is 0.519 bits per heavy atom. The summed E-state index contributed by atoms with van der Waals surface area (Å²) in [6.45, 7) is -1.86. The molecular weight excluding hydrogens is 738 g/mol. The fourth-order valence-corrected chi connectivity index (χ4v) is 7.17. The van der Waals surface area contributed by atoms with Gasteiger partial charge >= 0.3 is 5.97 Å². The normalized spacial score (nSPS) is 53.0. The molecule has 54 heavy (non-hydrogen) atoms. The molecule has 0 aromatic heterocycles. The highest BCUT2D eigenvalue weighted by atomic mass is 16.8. The number of aliphatic carboxylic acids is 1. The zero-order chi connectivity index (χ0) is 39.9. The molecule has 0 spiro atoms. The topological polar surface area (TPSA) is 444 Å². The van der Waals surface area contributed by atoms with E-state index in [1.54, 1.807) is 0 Å². The number of carbonyl (C=O) groups is 1. The summed E-state index contributed by atoms with van der Waals surface area (Å²) in [6.07, 6.45) is -32.8. The Kier molecular flexibility index (Phi) is 14.6. The molecule has 25 heteroatoms. The van der Waals surface area contributed by atoms with Crippen LogP contribution in [-0.2, 0) is 42.7 Å². The predicted octanol–water partition coefficient (Wildman–Crippen LogP) is -10.9. The highest BCUT2D eigenvalue weighted by Gasteiger charge is 2.56. The van der Waals surface area contributed by atoms with Crippen LogP contribution in [0.2, 0.25) is 0 Å². The summed E-state index contributed by atoms with van der Waals surface area (Å²) in [5, 5.41) is 114. The van der Waals surface area contributed by atoms with Crippen molar-refractivity contribution in [1.29, 1.82) is 0 Å². The minimum absolute atomic E-state index is 0.00489. The number of hydrogen-bond acceptors (Lipinski definition) is 24. The zero-order valence-corrected chi connectivity index (χ0v) is 28.7. The van der Waals surface area contributed by atoms with Crippen LogP contribution in [0.3, 0.4) is 0 Å². The first kappa shape index (κ1) is 43.7. The smallest absolute Gasteiger partial charge is 0.335 e. The maximum Gasteiger partial charge on any atom is 0.335 e. The SMILES string of the molecule is NC[C@@H]1O[C@H](O[C@H]2[C@@H](O)[C@H](O[C@@H]3[C@@H](O)[C@H](N)C[C@H](N)[C@H]3O[C@H]3O[C@H](CO)[C@@H](O)[C@H](O)[C@H]3N)O[C@@H]2CO)[C@H](N)[C@@H](OC2OC(C(=O)O)C(O)C(O)C2O)[C@@H]1O. The second-order valence-corrected chi connectivity index (χ2v) is 14.0. The molecule has 21 N–H and O–H groups in total. The van der Waals surface area contributed by atoms with Crippen LogP contribution in [0.4, 0.5) is 0 Å². The van der Waals surface area contributed by atoms with Crippen LogP contribution >= 0.6 is 0 Å². The van der Waals surface area contributed by atoms with E-state index in [0.29, 0.717) is 0 Å². The van der Waals surface area contributed by atoms with Gasteiger partial charge in [-0.05, 0) is 6.42 Å². The van der Waals surface area contributed by atoms with Crippen molar-refractivity contribution in [3.63, 3.8) is 0 Å². The molecule has 1 saturated carbocycles. The lowest BCUT2D eigenvalue weighted by atomic mass is 9.84. The molecule has 0 amide bonds. The third-order valence-electron chi connectivity index (χ3n) is 10.4. The average Bonchev–Trinajstić information content (AvgIpc) is 3.43. The Balaban J connectivity index is 1.31. The summed E-state index contributed by atoms with van der Waals surface area (Å²) in [4.78, 5) is 11.6. The maximum atomic E-state index is 11.6. The van der Waals surface area contributed by atoms with Crippen molar-refractivity contribution in [2.75, 3.05) is 19.8 Å². The minimum Gasteiger partial charge on any atom is -0.479 e. The van der Waals surface area contributed by atoms with Crippen LogP contribution in [0, 0.1) is 0 Å². The Hall–Kier alpha value is -1.45. The third-order valence-corrected chi connectivity index (χ3v) is 10.4. The van der Waals surface area contributed by atoms with Gasteiger partial charge in [-0.1, -0.05) is 0 Å². The second-order valence-electron chi connectivity index (χ2n) is 14.0. The average molecular weight is 792 g/mol. The predicted molar refractivity (Wildman–Crippen MR) is 170 cm³/mol. The molecule has 0 aromatic carbocycles. The first-order valence-corrected chi connectivity index (χ1v) is 17.3. The fourth-order valence-electron chi connectivity index (χ4n) is 7.17. The number of aliphatic hydroxyl groups is 10. The quantitative estimate of drug-likeness (QED) is 0.0872. The zero-order valence-electron chi connectivity index (χ0n) is 28.7. The van der Waals surface area contributed by atoms with E-state index in [0.717, 1.165) is 0 Å². The number of ether oxygens (including phenoxy) is 8. The van der Waals surface area contributed by atoms with Gasteiger partial charge in [0.1, 0.15) is 85.5 Å². The van der Waals surface area contributed by atoms with Gasteiger partial charge in [-0.3, -0.25) is 0 Å². The molecule has 24 atom stereocenters. The van der Waals surface area contributed by atoms with E-state index in [2.05, 4.69) is 0 Å². The first-order valence-electron chi connectivity index (χ1n) is 17.3. The Morgan fingerprint density at radius 3 is 1.67 bits per heavy atom. The maximum absolute atomic E-state index is 11.6. The molecule has 4 aliphatic heterocycles. The molecule has 1 aliphatic carbocycles. The van der Waals surface area contributed by atoms with Gasteiger partial charge in [0.2, 0.25) is 0 Å². The van der Waals surface area contributed by atoms with Crippen molar-refractivity contribution in [3.05, 3.63) is 0 Å². The monoisotopic (exact) mass is 791 g/mol. The molecular formula is C29H53N5O20. The summed E-state index contributed by atoms with van der Waals surface area (Å²) in [5.74, 6) is -1.69. The van der Waals surface area contributed by atoms with E-state index in [1.807, 2.05) is 0 Å². The number of nitrogens with two attached hydrogens (primary N) is 5. The highest BCUT2D eigenvalue weighted by molar-refractivity contribution is 5.73. The van der Waals surface area contributed by atoms with E-state index in [-0.39, 0.29) is 13.0 Å². The van der Waals surface area contributed by atoms with Crippen molar-refractivity contribution < 1.29 is 98.9 Å². The van der Waals surface area contributed by atoms with Gasteiger partial charge in [-0.15, -0.1) is 0 Å². The summed E-state index contributed by atoms with van der Waals surface area (Å²) < 4.78 is 45.7. The van der Waals surface area contributed by atoms with Gasteiger partial charge in [0, 0.05) is 18.6 Å². The highest BCUT2D eigenvalue weighted by Crippen LogP contribution is 2.35. The Morgan fingerprint density at radius 2 is 1.06 bits per heavy atom. The Labute approximate surface area is 306 Å². The lowest BCUT2D eigenvalue weighted by molar-refractivity contribution is -0.341. The molecule has 0 radical (unpaired) electrons. The van der Waals surface area contributed by atoms with E-state index in [9.17, 15) is 61.0 Å². The van der Waals surface area contributed by atoms with Crippen LogP contribution in [-0.4, -0.2) is 229 Å². The fraction of sp³-hybridized carbons (Fsp3) is 0.966. The molecule has 0 aromatic rings. The van der Waals surface area contributed by atoms with E-state index in [1.165, 1.54) is 0 Å². The second kappa shape index (κ2) is 18.0. The van der Waals surface area contributed by atoms with Crippen LogP contribution in [0.25, 0.3) is 0 Å². The molecule has 5 unspecified atom stereocenters. The van der Waals surface area contributed by atoms with Gasteiger partial charge in [0.15, 0.2) is 31.3 Å². The van der Waals surface area contributed by atoms with Crippen molar-refractivity contribution in [1.82, 2.24) is 0 Å². The van der Waals surface area contributed by atoms with Gasteiger partial charge < -0.3 is 123 Å². The number of carboxylic acid groups (broad SMARTS) is 1. The third kappa shape index (κ3) is 8.54. The lowest BCUT2D eigenvalue weighted by Gasteiger charge is -2.47. The number of rotatable bonds is 12. The first-order chi connectivity index (χ1) is 25.4. The summed E-state index contributed by atoms with van der Waals surface area (Å²) >= 11 is 0.